The van der Waals surface area contributed by atoms with Crippen LogP contribution in [-0.4, -0.2) is 23.8 Å². The molecule has 0 fully saturated rings. The monoisotopic (exact) mass is 415 g/mol. The van der Waals surface area contributed by atoms with E-state index in [2.05, 4.69) is 26.1 Å². The molecule has 1 amide bonds. The average molecular weight is 415 g/mol. The van der Waals surface area contributed by atoms with Crippen LogP contribution in [0.25, 0.3) is 0 Å². The predicted molar refractivity (Wildman–Crippen MR) is 124 cm³/mol. The molecule has 0 aliphatic carbocycles. The Hall–Kier alpha value is -4.00. The Balaban J connectivity index is 1.58. The topological polar surface area (TPSA) is 98.4 Å². The first-order valence-electron chi connectivity index (χ1n) is 9.85. The van der Waals surface area contributed by atoms with Gasteiger partial charge >= 0.3 is 0 Å². The van der Waals surface area contributed by atoms with Gasteiger partial charge in [0, 0.05) is 11.3 Å². The van der Waals surface area contributed by atoms with E-state index in [-0.39, 0.29) is 18.2 Å². The summed E-state index contributed by atoms with van der Waals surface area (Å²) in [4.78, 5) is 12.0. The Morgan fingerprint density at radius 1 is 0.903 bits per heavy atom. The van der Waals surface area contributed by atoms with Gasteiger partial charge in [0.2, 0.25) is 0 Å². The van der Waals surface area contributed by atoms with Gasteiger partial charge in [0.1, 0.15) is 5.75 Å². The molecule has 0 saturated heterocycles. The fourth-order valence-corrected chi connectivity index (χ4v) is 2.68. The Bertz CT molecular complexity index is 1120. The second-order valence-electron chi connectivity index (χ2n) is 7.22. The van der Waals surface area contributed by atoms with Crippen LogP contribution in [0.15, 0.2) is 76.0 Å². The number of benzene rings is 3. The fraction of sp³-hybridized carbons (Fsp3) is 0.167. The highest BCUT2D eigenvalue weighted by molar-refractivity contribution is 5.87. The number of azo groups is 1. The van der Waals surface area contributed by atoms with Gasteiger partial charge in [-0.3, -0.25) is 4.79 Å². The van der Waals surface area contributed by atoms with Crippen molar-refractivity contribution in [3.63, 3.8) is 0 Å². The number of carbonyl (C=O) groups excluding carboxylic acids is 1. The first-order chi connectivity index (χ1) is 14.9. The molecule has 0 atom stereocenters. The van der Waals surface area contributed by atoms with Crippen LogP contribution in [-0.2, 0) is 4.79 Å². The van der Waals surface area contributed by atoms with E-state index in [1.165, 1.54) is 17.8 Å². The minimum absolute atomic E-state index is 0.0286. The number of phenols is 1. The zero-order chi connectivity index (χ0) is 22.2. The van der Waals surface area contributed by atoms with Gasteiger partial charge in [-0.1, -0.05) is 23.8 Å². The molecule has 0 saturated carbocycles. The van der Waals surface area contributed by atoms with Crippen molar-refractivity contribution in [3.05, 3.63) is 82.9 Å². The first-order valence-corrected chi connectivity index (χ1v) is 9.85. The lowest BCUT2D eigenvalue weighted by Crippen LogP contribution is -2.25. The van der Waals surface area contributed by atoms with Crippen molar-refractivity contribution < 1.29 is 9.90 Å². The molecule has 0 aliphatic rings. The molecule has 0 radical (unpaired) electrons. The van der Waals surface area contributed by atoms with Crippen molar-refractivity contribution in [2.45, 2.75) is 20.8 Å². The summed E-state index contributed by atoms with van der Waals surface area (Å²) >= 11 is 0. The average Bonchev–Trinajstić information content (AvgIpc) is 2.76. The van der Waals surface area contributed by atoms with E-state index in [0.717, 1.165) is 22.5 Å². The second kappa shape index (κ2) is 10.2. The molecule has 0 unspecified atom stereocenters. The Morgan fingerprint density at radius 2 is 1.58 bits per heavy atom. The molecular weight excluding hydrogens is 390 g/mol. The molecule has 0 spiro atoms. The number of amides is 1. The number of nitrogens with zero attached hydrogens (tertiary/aromatic N) is 3. The minimum atomic E-state index is -0.304. The van der Waals surface area contributed by atoms with Crippen LogP contribution >= 0.6 is 0 Å². The van der Waals surface area contributed by atoms with Crippen molar-refractivity contribution >= 4 is 29.2 Å². The van der Waals surface area contributed by atoms with Crippen molar-refractivity contribution in [1.29, 1.82) is 0 Å². The maximum atomic E-state index is 12.0. The highest BCUT2D eigenvalue weighted by atomic mass is 16.3. The SMILES string of the molecule is Cc1ccc(NCC(=O)N/N=C\c2cc(N=Nc3ccc(C)c(C)c3)ccc2O)cc1. The number of hydrazone groups is 1. The number of aryl methyl sites for hydroxylation is 3. The number of rotatable bonds is 7. The molecule has 7 nitrogen and oxygen atoms in total. The van der Waals surface area contributed by atoms with Crippen LogP contribution in [0.5, 0.6) is 5.75 Å². The number of anilines is 1. The molecule has 0 heterocycles. The van der Waals surface area contributed by atoms with E-state index >= 15 is 0 Å². The summed E-state index contributed by atoms with van der Waals surface area (Å²) in [5.41, 5.74) is 8.49. The van der Waals surface area contributed by atoms with Crippen LogP contribution in [0.2, 0.25) is 0 Å². The summed E-state index contributed by atoms with van der Waals surface area (Å²) in [6.45, 7) is 6.14. The molecular formula is C24H25N5O2. The zero-order valence-corrected chi connectivity index (χ0v) is 17.8. The second-order valence-corrected chi connectivity index (χ2v) is 7.22. The summed E-state index contributed by atoms with van der Waals surface area (Å²) in [5, 5.41) is 25.4. The molecule has 0 bridgehead atoms. The van der Waals surface area contributed by atoms with Crippen molar-refractivity contribution in [1.82, 2.24) is 5.43 Å². The summed E-state index contributed by atoms with van der Waals surface area (Å²) in [6.07, 6.45) is 1.37. The van der Waals surface area contributed by atoms with Crippen LogP contribution in [0.4, 0.5) is 17.1 Å². The summed E-state index contributed by atoms with van der Waals surface area (Å²) in [7, 11) is 0. The van der Waals surface area contributed by atoms with Crippen LogP contribution in [0, 0.1) is 20.8 Å². The zero-order valence-electron chi connectivity index (χ0n) is 17.8. The van der Waals surface area contributed by atoms with E-state index in [0.29, 0.717) is 11.3 Å². The molecule has 158 valence electrons. The highest BCUT2D eigenvalue weighted by Gasteiger charge is 2.03. The summed E-state index contributed by atoms with van der Waals surface area (Å²) < 4.78 is 0. The van der Waals surface area contributed by atoms with E-state index in [4.69, 9.17) is 0 Å². The molecule has 3 aromatic carbocycles. The Morgan fingerprint density at radius 3 is 2.29 bits per heavy atom. The molecule has 0 aromatic heterocycles. The van der Waals surface area contributed by atoms with Gasteiger partial charge in [-0.15, -0.1) is 0 Å². The largest absolute Gasteiger partial charge is 0.507 e. The molecule has 3 rings (SSSR count). The van der Waals surface area contributed by atoms with Gasteiger partial charge in [0.05, 0.1) is 24.1 Å². The van der Waals surface area contributed by atoms with Crippen LogP contribution < -0.4 is 10.7 Å². The van der Waals surface area contributed by atoms with E-state index in [9.17, 15) is 9.90 Å². The molecule has 7 heteroatoms. The number of aromatic hydroxyl groups is 1. The number of carbonyl (C=O) groups is 1. The quantitative estimate of drug-likeness (QED) is 0.278. The lowest BCUT2D eigenvalue weighted by Gasteiger charge is -2.05. The third-order valence-electron chi connectivity index (χ3n) is 4.68. The maximum Gasteiger partial charge on any atom is 0.259 e. The lowest BCUT2D eigenvalue weighted by molar-refractivity contribution is -0.119. The van der Waals surface area contributed by atoms with Gasteiger partial charge in [0.25, 0.3) is 5.91 Å². The fourth-order valence-electron chi connectivity index (χ4n) is 2.68. The first kappa shape index (κ1) is 21.7. The molecule has 0 aliphatic heterocycles. The minimum Gasteiger partial charge on any atom is -0.507 e. The molecule has 31 heavy (non-hydrogen) atoms. The third kappa shape index (κ3) is 6.50. The van der Waals surface area contributed by atoms with Crippen LogP contribution in [0.1, 0.15) is 22.3 Å². The van der Waals surface area contributed by atoms with Gasteiger partial charge < -0.3 is 10.4 Å². The third-order valence-corrected chi connectivity index (χ3v) is 4.68. The number of phenolic OH excluding ortho intramolecular Hbond substituents is 1. The Labute approximate surface area is 181 Å². The number of hydrogen-bond acceptors (Lipinski definition) is 6. The predicted octanol–water partition coefficient (Wildman–Crippen LogP) is 5.30. The molecule has 3 aromatic rings. The highest BCUT2D eigenvalue weighted by Crippen LogP contribution is 2.25. The van der Waals surface area contributed by atoms with E-state index < -0.39 is 0 Å². The lowest BCUT2D eigenvalue weighted by atomic mass is 10.1. The summed E-state index contributed by atoms with van der Waals surface area (Å²) in [5.74, 6) is -0.275. The maximum absolute atomic E-state index is 12.0. The molecule has 3 N–H and O–H groups in total. The Kier molecular flexibility index (Phi) is 7.11. The number of nitrogens with one attached hydrogen (secondary N) is 2. The van der Waals surface area contributed by atoms with Gasteiger partial charge in [0.15, 0.2) is 0 Å². The van der Waals surface area contributed by atoms with E-state index in [1.54, 1.807) is 12.1 Å². The van der Waals surface area contributed by atoms with E-state index in [1.807, 2.05) is 63.2 Å². The van der Waals surface area contributed by atoms with Gasteiger partial charge in [-0.2, -0.15) is 15.3 Å². The van der Waals surface area contributed by atoms with Crippen molar-refractivity contribution in [2.24, 2.45) is 15.3 Å². The normalized spacial score (nSPS) is 11.2. The van der Waals surface area contributed by atoms with Gasteiger partial charge in [-0.05, 0) is 74.4 Å². The van der Waals surface area contributed by atoms with Gasteiger partial charge in [-0.25, -0.2) is 5.43 Å². The van der Waals surface area contributed by atoms with Crippen LogP contribution in [0.3, 0.4) is 0 Å². The summed E-state index contributed by atoms with van der Waals surface area (Å²) in [6, 6.07) is 18.4. The smallest absolute Gasteiger partial charge is 0.259 e. The number of hydrogen-bond donors (Lipinski definition) is 3. The van der Waals surface area contributed by atoms with Crippen molar-refractivity contribution in [3.8, 4) is 5.75 Å². The standard InChI is InChI=1S/C24H25N5O2/c1-16-4-7-20(8-5-16)25-15-24(31)29-26-14-19-13-22(10-11-23(19)30)28-27-21-9-6-17(2)18(3)12-21/h4-14,25,30H,15H2,1-3H3,(H,29,31)/b26-14-,28-27?. The van der Waals surface area contributed by atoms with Crippen molar-refractivity contribution in [2.75, 3.05) is 11.9 Å².